The van der Waals surface area contributed by atoms with Gasteiger partial charge in [0.25, 0.3) is 0 Å². The lowest BCUT2D eigenvalue weighted by Crippen LogP contribution is -2.06. The zero-order chi connectivity index (χ0) is 13.8. The van der Waals surface area contributed by atoms with Gasteiger partial charge in [-0.1, -0.05) is 12.1 Å². The molecule has 0 fully saturated rings. The van der Waals surface area contributed by atoms with Gasteiger partial charge in [0.1, 0.15) is 11.9 Å². The highest BCUT2D eigenvalue weighted by molar-refractivity contribution is 5.41. The molecule has 0 saturated carbocycles. The Morgan fingerprint density at radius 3 is 2.53 bits per heavy atom. The lowest BCUT2D eigenvalue weighted by Gasteiger charge is -2.16. The Hall–Kier alpha value is -2.14. The molecule has 0 amide bonds. The van der Waals surface area contributed by atoms with Crippen LogP contribution < -0.4 is 9.47 Å². The minimum Gasteiger partial charge on any atom is -0.495 e. The third-order valence-corrected chi connectivity index (χ3v) is 2.84. The summed E-state index contributed by atoms with van der Waals surface area (Å²) in [6.07, 6.45) is 1.84. The van der Waals surface area contributed by atoms with Gasteiger partial charge in [-0.25, -0.2) is 4.39 Å². The Balaban J connectivity index is 2.47. The van der Waals surface area contributed by atoms with E-state index in [-0.39, 0.29) is 11.3 Å². The van der Waals surface area contributed by atoms with Crippen LogP contribution in [0.2, 0.25) is 0 Å². The van der Waals surface area contributed by atoms with Gasteiger partial charge in [0, 0.05) is 17.3 Å². The smallest absolute Gasteiger partial charge is 0.171 e. The van der Waals surface area contributed by atoms with Crippen LogP contribution in [0.5, 0.6) is 11.5 Å². The number of hydrogen-bond acceptors (Lipinski definition) is 4. The highest BCUT2D eigenvalue weighted by Crippen LogP contribution is 2.32. The third kappa shape index (κ3) is 2.51. The highest BCUT2D eigenvalue weighted by Gasteiger charge is 2.20. The predicted molar refractivity (Wildman–Crippen MR) is 67.8 cm³/mol. The quantitative estimate of drug-likeness (QED) is 0.919. The fourth-order valence-electron chi connectivity index (χ4n) is 1.85. The van der Waals surface area contributed by atoms with E-state index in [0.717, 1.165) is 0 Å². The molecule has 0 radical (unpaired) electrons. The maximum Gasteiger partial charge on any atom is 0.171 e. The fourth-order valence-corrected chi connectivity index (χ4v) is 1.85. The van der Waals surface area contributed by atoms with Crippen LogP contribution in [0.1, 0.15) is 17.2 Å². The summed E-state index contributed by atoms with van der Waals surface area (Å²) in [7, 11) is 2.84. The second kappa shape index (κ2) is 5.67. The zero-order valence-electron chi connectivity index (χ0n) is 10.6. The molecule has 19 heavy (non-hydrogen) atoms. The van der Waals surface area contributed by atoms with E-state index in [0.29, 0.717) is 11.3 Å². The Labute approximate surface area is 110 Å². The molecule has 0 bridgehead atoms. The molecule has 2 rings (SSSR count). The number of halogens is 1. The molecule has 0 saturated heterocycles. The summed E-state index contributed by atoms with van der Waals surface area (Å²) < 4.78 is 24.1. The van der Waals surface area contributed by atoms with Crippen molar-refractivity contribution in [3.05, 3.63) is 53.6 Å². The number of rotatable bonds is 4. The van der Waals surface area contributed by atoms with Crippen LogP contribution >= 0.6 is 0 Å². The van der Waals surface area contributed by atoms with E-state index in [9.17, 15) is 9.50 Å². The van der Waals surface area contributed by atoms with Crippen LogP contribution in [0.25, 0.3) is 0 Å². The van der Waals surface area contributed by atoms with Crippen molar-refractivity contribution < 1.29 is 19.0 Å². The van der Waals surface area contributed by atoms with Crippen molar-refractivity contribution in [3.8, 4) is 11.5 Å². The Kier molecular flexibility index (Phi) is 3.97. The van der Waals surface area contributed by atoms with Gasteiger partial charge in [-0.3, -0.25) is 4.98 Å². The summed E-state index contributed by atoms with van der Waals surface area (Å²) in [5, 5.41) is 10.3. The molecule has 0 aliphatic heterocycles. The van der Waals surface area contributed by atoms with E-state index in [4.69, 9.17) is 9.47 Å². The maximum atomic E-state index is 14.1. The van der Waals surface area contributed by atoms with Crippen LogP contribution in [-0.2, 0) is 0 Å². The molecule has 0 aliphatic rings. The molecule has 1 unspecified atom stereocenters. The fraction of sp³-hybridized carbons (Fsp3) is 0.214. The average Bonchev–Trinajstić information content (AvgIpc) is 2.46. The van der Waals surface area contributed by atoms with Gasteiger partial charge in [0.15, 0.2) is 11.6 Å². The summed E-state index contributed by atoms with van der Waals surface area (Å²) in [6.45, 7) is 0. The average molecular weight is 263 g/mol. The largest absolute Gasteiger partial charge is 0.495 e. The lowest BCUT2D eigenvalue weighted by molar-refractivity contribution is 0.208. The molecule has 4 nitrogen and oxygen atoms in total. The van der Waals surface area contributed by atoms with Gasteiger partial charge >= 0.3 is 0 Å². The first-order valence-corrected chi connectivity index (χ1v) is 5.67. The van der Waals surface area contributed by atoms with Crippen molar-refractivity contribution in [2.24, 2.45) is 0 Å². The number of pyridine rings is 1. The molecule has 5 heteroatoms. The molecule has 1 heterocycles. The first-order valence-electron chi connectivity index (χ1n) is 5.67. The van der Waals surface area contributed by atoms with Gasteiger partial charge < -0.3 is 14.6 Å². The van der Waals surface area contributed by atoms with E-state index >= 15 is 0 Å². The second-order valence-corrected chi connectivity index (χ2v) is 3.88. The molecule has 1 aromatic heterocycles. The first kappa shape index (κ1) is 13.3. The Bertz CT molecular complexity index is 574. The minimum absolute atomic E-state index is 0.0876. The molecule has 0 spiro atoms. The van der Waals surface area contributed by atoms with Gasteiger partial charge in [0.05, 0.1) is 20.4 Å². The summed E-state index contributed by atoms with van der Waals surface area (Å²) in [6, 6.07) is 6.20. The number of hydrogen-bond donors (Lipinski definition) is 1. The van der Waals surface area contributed by atoms with Gasteiger partial charge in [0.2, 0.25) is 0 Å². The van der Waals surface area contributed by atoms with E-state index in [1.807, 2.05) is 0 Å². The minimum atomic E-state index is -1.15. The number of aliphatic hydroxyl groups is 1. The van der Waals surface area contributed by atoms with Crippen molar-refractivity contribution in [3.63, 3.8) is 0 Å². The molecule has 0 aliphatic carbocycles. The molecule has 1 N–H and O–H groups in total. The standard InChI is InChI=1S/C14H14FNO3/c1-18-11-5-3-4-10(13(11)15)14(17)9-6-7-16-8-12(9)19-2/h3-8,14,17H,1-2H3. The van der Waals surface area contributed by atoms with Crippen molar-refractivity contribution >= 4 is 0 Å². The van der Waals surface area contributed by atoms with Crippen LogP contribution in [0.4, 0.5) is 4.39 Å². The second-order valence-electron chi connectivity index (χ2n) is 3.88. The molecule has 100 valence electrons. The molecular formula is C14H14FNO3. The van der Waals surface area contributed by atoms with Crippen molar-refractivity contribution in [1.82, 2.24) is 4.98 Å². The van der Waals surface area contributed by atoms with Crippen molar-refractivity contribution in [1.29, 1.82) is 0 Å². The molecule has 1 atom stereocenters. The molecule has 1 aromatic carbocycles. The number of nitrogens with zero attached hydrogens (tertiary/aromatic N) is 1. The predicted octanol–water partition coefficient (Wildman–Crippen LogP) is 2.32. The number of ether oxygens (including phenoxy) is 2. The number of benzene rings is 1. The van der Waals surface area contributed by atoms with E-state index in [1.54, 1.807) is 12.1 Å². The molecule has 2 aromatic rings. The molecular weight excluding hydrogens is 249 g/mol. The van der Waals surface area contributed by atoms with Gasteiger partial charge in [-0.05, 0) is 12.1 Å². The summed E-state index contributed by atoms with van der Waals surface area (Å²) in [5.41, 5.74) is 0.577. The van der Waals surface area contributed by atoms with Crippen LogP contribution in [0.15, 0.2) is 36.7 Å². The maximum absolute atomic E-state index is 14.1. The van der Waals surface area contributed by atoms with Gasteiger partial charge in [-0.2, -0.15) is 0 Å². The summed E-state index contributed by atoms with van der Waals surface area (Å²) in [4.78, 5) is 3.89. The van der Waals surface area contributed by atoms with Crippen molar-refractivity contribution in [2.45, 2.75) is 6.10 Å². The van der Waals surface area contributed by atoms with E-state index in [1.165, 1.54) is 38.7 Å². The Morgan fingerprint density at radius 1 is 1.11 bits per heavy atom. The first-order chi connectivity index (χ1) is 9.19. The summed E-state index contributed by atoms with van der Waals surface area (Å²) in [5.74, 6) is -0.0989. The zero-order valence-corrected chi connectivity index (χ0v) is 10.6. The van der Waals surface area contributed by atoms with Gasteiger partial charge in [-0.15, -0.1) is 0 Å². The van der Waals surface area contributed by atoms with Crippen molar-refractivity contribution in [2.75, 3.05) is 14.2 Å². The van der Waals surface area contributed by atoms with Crippen LogP contribution in [0, 0.1) is 5.82 Å². The SMILES string of the molecule is COc1cnccc1C(O)c1cccc(OC)c1F. The van der Waals surface area contributed by atoms with E-state index in [2.05, 4.69) is 4.98 Å². The third-order valence-electron chi connectivity index (χ3n) is 2.84. The normalized spacial score (nSPS) is 12.0. The summed E-state index contributed by atoms with van der Waals surface area (Å²) >= 11 is 0. The number of methoxy groups -OCH3 is 2. The lowest BCUT2D eigenvalue weighted by atomic mass is 10.0. The number of aliphatic hydroxyl groups excluding tert-OH is 1. The number of aromatic nitrogens is 1. The monoisotopic (exact) mass is 263 g/mol. The Morgan fingerprint density at radius 2 is 1.84 bits per heavy atom. The highest BCUT2D eigenvalue weighted by atomic mass is 19.1. The topological polar surface area (TPSA) is 51.6 Å². The van der Waals surface area contributed by atoms with E-state index < -0.39 is 11.9 Å². The van der Waals surface area contributed by atoms with Crippen LogP contribution in [0.3, 0.4) is 0 Å². The van der Waals surface area contributed by atoms with Crippen LogP contribution in [-0.4, -0.2) is 24.3 Å².